The van der Waals surface area contributed by atoms with E-state index < -0.39 is 5.82 Å². The maximum atomic E-state index is 13.1. The molecule has 1 aliphatic rings. The molecule has 1 saturated heterocycles. The largest absolute Gasteiger partial charge is 0.397 e. The average molecular weight is 294 g/mol. The van der Waals surface area contributed by atoms with Crippen LogP contribution in [-0.4, -0.2) is 36.3 Å². The van der Waals surface area contributed by atoms with Gasteiger partial charge < -0.3 is 16.8 Å². The SMILES string of the molecule is NC(=O)C1CCN(CC(=O)Nc2cc(F)ccc2N)CC1. The van der Waals surface area contributed by atoms with Gasteiger partial charge in [-0.05, 0) is 44.1 Å². The van der Waals surface area contributed by atoms with E-state index in [1.54, 1.807) is 0 Å². The van der Waals surface area contributed by atoms with Crippen LogP contribution in [0.15, 0.2) is 18.2 Å². The zero-order valence-electron chi connectivity index (χ0n) is 11.6. The quantitative estimate of drug-likeness (QED) is 0.705. The molecule has 1 heterocycles. The van der Waals surface area contributed by atoms with E-state index in [0.29, 0.717) is 31.6 Å². The fraction of sp³-hybridized carbons (Fsp3) is 0.429. The number of hydrogen-bond donors (Lipinski definition) is 3. The van der Waals surface area contributed by atoms with Gasteiger partial charge in [0.15, 0.2) is 0 Å². The third-order valence-corrected chi connectivity index (χ3v) is 3.65. The number of amides is 2. The lowest BCUT2D eigenvalue weighted by atomic mass is 9.96. The highest BCUT2D eigenvalue weighted by Crippen LogP contribution is 2.20. The van der Waals surface area contributed by atoms with Gasteiger partial charge in [0.1, 0.15) is 5.82 Å². The molecule has 1 aromatic rings. The predicted molar refractivity (Wildman–Crippen MR) is 77.8 cm³/mol. The molecule has 0 unspecified atom stereocenters. The maximum absolute atomic E-state index is 13.1. The van der Waals surface area contributed by atoms with Crippen molar-refractivity contribution in [3.8, 4) is 0 Å². The van der Waals surface area contributed by atoms with Crippen LogP contribution in [0.25, 0.3) is 0 Å². The zero-order chi connectivity index (χ0) is 15.4. The van der Waals surface area contributed by atoms with Crippen molar-refractivity contribution in [3.63, 3.8) is 0 Å². The third kappa shape index (κ3) is 4.16. The summed E-state index contributed by atoms with van der Waals surface area (Å²) in [6, 6.07) is 3.83. The standard InChI is InChI=1S/C14H19FN4O2/c15-10-1-2-11(16)12(7-10)18-13(20)8-19-5-3-9(4-6-19)14(17)21/h1-2,7,9H,3-6,8,16H2,(H2,17,21)(H,18,20). The van der Waals surface area contributed by atoms with Gasteiger partial charge >= 0.3 is 0 Å². The predicted octanol–water partition coefficient (Wildman–Crippen LogP) is 0.544. The molecule has 1 aromatic carbocycles. The summed E-state index contributed by atoms with van der Waals surface area (Å²) in [5.41, 5.74) is 11.5. The van der Waals surface area contributed by atoms with Gasteiger partial charge in [0, 0.05) is 5.92 Å². The molecule has 2 rings (SSSR count). The molecule has 21 heavy (non-hydrogen) atoms. The normalized spacial score (nSPS) is 16.6. The number of likely N-dealkylation sites (tertiary alicyclic amines) is 1. The van der Waals surface area contributed by atoms with E-state index in [1.807, 2.05) is 4.90 Å². The minimum Gasteiger partial charge on any atom is -0.397 e. The number of carbonyl (C=O) groups excluding carboxylic acids is 2. The average Bonchev–Trinajstić information content (AvgIpc) is 2.43. The van der Waals surface area contributed by atoms with Crippen molar-refractivity contribution in [2.24, 2.45) is 11.7 Å². The van der Waals surface area contributed by atoms with Crippen LogP contribution >= 0.6 is 0 Å². The van der Waals surface area contributed by atoms with Gasteiger partial charge in [-0.2, -0.15) is 0 Å². The highest BCUT2D eigenvalue weighted by atomic mass is 19.1. The van der Waals surface area contributed by atoms with Crippen molar-refractivity contribution < 1.29 is 14.0 Å². The Hall–Kier alpha value is -2.15. The molecule has 0 spiro atoms. The van der Waals surface area contributed by atoms with Crippen molar-refractivity contribution in [2.45, 2.75) is 12.8 Å². The first kappa shape index (κ1) is 15.2. The van der Waals surface area contributed by atoms with Gasteiger partial charge in [-0.15, -0.1) is 0 Å². The van der Waals surface area contributed by atoms with E-state index >= 15 is 0 Å². The van der Waals surface area contributed by atoms with E-state index in [1.165, 1.54) is 18.2 Å². The summed E-state index contributed by atoms with van der Waals surface area (Å²) in [7, 11) is 0. The second-order valence-electron chi connectivity index (χ2n) is 5.23. The summed E-state index contributed by atoms with van der Waals surface area (Å²) in [4.78, 5) is 24.9. The maximum Gasteiger partial charge on any atom is 0.238 e. The molecule has 2 amide bonds. The number of carbonyl (C=O) groups is 2. The summed E-state index contributed by atoms with van der Waals surface area (Å²) in [5, 5.41) is 2.60. The molecule has 114 valence electrons. The number of nitrogens with zero attached hydrogens (tertiary/aromatic N) is 1. The minimum absolute atomic E-state index is 0.108. The van der Waals surface area contributed by atoms with Crippen molar-refractivity contribution in [2.75, 3.05) is 30.7 Å². The van der Waals surface area contributed by atoms with E-state index in [0.717, 1.165) is 0 Å². The third-order valence-electron chi connectivity index (χ3n) is 3.65. The van der Waals surface area contributed by atoms with E-state index in [9.17, 15) is 14.0 Å². The molecule has 0 radical (unpaired) electrons. The van der Waals surface area contributed by atoms with E-state index in [4.69, 9.17) is 11.5 Å². The fourth-order valence-corrected chi connectivity index (χ4v) is 2.41. The van der Waals surface area contributed by atoms with Crippen LogP contribution in [0.5, 0.6) is 0 Å². The molecule has 5 N–H and O–H groups in total. The highest BCUT2D eigenvalue weighted by Gasteiger charge is 2.24. The molecule has 0 saturated carbocycles. The summed E-state index contributed by atoms with van der Waals surface area (Å²) >= 11 is 0. The lowest BCUT2D eigenvalue weighted by molar-refractivity contribution is -0.123. The number of halogens is 1. The second kappa shape index (κ2) is 6.53. The molecule has 0 aromatic heterocycles. The Morgan fingerprint density at radius 2 is 2.00 bits per heavy atom. The Kier molecular flexibility index (Phi) is 4.74. The highest BCUT2D eigenvalue weighted by molar-refractivity contribution is 5.95. The number of anilines is 2. The minimum atomic E-state index is -0.457. The van der Waals surface area contributed by atoms with Gasteiger partial charge in [-0.1, -0.05) is 0 Å². The number of nitrogens with two attached hydrogens (primary N) is 2. The summed E-state index contributed by atoms with van der Waals surface area (Å²) in [5.74, 6) is -1.11. The smallest absolute Gasteiger partial charge is 0.238 e. The van der Waals surface area contributed by atoms with Crippen LogP contribution in [0.2, 0.25) is 0 Å². The monoisotopic (exact) mass is 294 g/mol. The summed E-state index contributed by atoms with van der Waals surface area (Å²) in [6.45, 7) is 1.46. The molecule has 0 atom stereocenters. The van der Waals surface area contributed by atoms with Crippen LogP contribution in [0, 0.1) is 11.7 Å². The van der Waals surface area contributed by atoms with Gasteiger partial charge in [0.25, 0.3) is 0 Å². The number of rotatable bonds is 4. The Balaban J connectivity index is 1.85. The Bertz CT molecular complexity index is 542. The molecule has 0 aliphatic carbocycles. The fourth-order valence-electron chi connectivity index (χ4n) is 2.41. The van der Waals surface area contributed by atoms with Crippen molar-refractivity contribution >= 4 is 23.2 Å². The van der Waals surface area contributed by atoms with Gasteiger partial charge in [-0.3, -0.25) is 14.5 Å². The number of nitrogen functional groups attached to an aromatic ring is 1. The second-order valence-corrected chi connectivity index (χ2v) is 5.23. The topological polar surface area (TPSA) is 101 Å². The van der Waals surface area contributed by atoms with Crippen LogP contribution in [-0.2, 0) is 9.59 Å². The van der Waals surface area contributed by atoms with Gasteiger partial charge in [-0.25, -0.2) is 4.39 Å². The number of nitrogens with one attached hydrogen (secondary N) is 1. The van der Waals surface area contributed by atoms with Gasteiger partial charge in [0.2, 0.25) is 11.8 Å². The van der Waals surface area contributed by atoms with Crippen LogP contribution in [0.1, 0.15) is 12.8 Å². The van der Waals surface area contributed by atoms with Gasteiger partial charge in [0.05, 0.1) is 17.9 Å². The summed E-state index contributed by atoms with van der Waals surface area (Å²) < 4.78 is 13.1. The first-order valence-electron chi connectivity index (χ1n) is 6.82. The first-order chi connectivity index (χ1) is 9.95. The van der Waals surface area contributed by atoms with E-state index in [-0.39, 0.29) is 30.0 Å². The Morgan fingerprint density at radius 3 is 2.62 bits per heavy atom. The lowest BCUT2D eigenvalue weighted by Gasteiger charge is -2.29. The first-order valence-corrected chi connectivity index (χ1v) is 6.82. The number of primary amides is 1. The summed E-state index contributed by atoms with van der Waals surface area (Å²) in [6.07, 6.45) is 1.31. The Labute approximate surface area is 122 Å². The molecule has 1 aliphatic heterocycles. The number of piperidine rings is 1. The van der Waals surface area contributed by atoms with Crippen LogP contribution in [0.4, 0.5) is 15.8 Å². The number of benzene rings is 1. The van der Waals surface area contributed by atoms with Crippen LogP contribution in [0.3, 0.4) is 0 Å². The van der Waals surface area contributed by atoms with Crippen LogP contribution < -0.4 is 16.8 Å². The number of hydrogen-bond acceptors (Lipinski definition) is 4. The van der Waals surface area contributed by atoms with Crippen molar-refractivity contribution in [1.82, 2.24) is 4.90 Å². The van der Waals surface area contributed by atoms with Crippen molar-refractivity contribution in [3.05, 3.63) is 24.0 Å². The van der Waals surface area contributed by atoms with E-state index in [2.05, 4.69) is 5.32 Å². The molecular formula is C14H19FN4O2. The van der Waals surface area contributed by atoms with Crippen molar-refractivity contribution in [1.29, 1.82) is 0 Å². The molecular weight excluding hydrogens is 275 g/mol. The molecule has 6 nitrogen and oxygen atoms in total. The zero-order valence-corrected chi connectivity index (χ0v) is 11.6. The molecule has 0 bridgehead atoms. The lowest BCUT2D eigenvalue weighted by Crippen LogP contribution is -2.42. The molecule has 7 heteroatoms. The Morgan fingerprint density at radius 1 is 1.33 bits per heavy atom. The molecule has 1 fully saturated rings.